The topological polar surface area (TPSA) is 20.2 Å². The number of hydrogen-bond donors (Lipinski definition) is 1. The van der Waals surface area contributed by atoms with Crippen LogP contribution in [0, 0.1) is 23.3 Å². The van der Waals surface area contributed by atoms with Crippen molar-refractivity contribution in [1.82, 2.24) is 0 Å². The van der Waals surface area contributed by atoms with E-state index in [1.165, 1.54) is 25.1 Å². The van der Waals surface area contributed by atoms with Crippen LogP contribution in [-0.4, -0.2) is 5.11 Å². The van der Waals surface area contributed by atoms with Crippen molar-refractivity contribution in [3.63, 3.8) is 0 Å². The van der Waals surface area contributed by atoms with Gasteiger partial charge in [-0.05, 0) is 78.9 Å². The number of aromatic hydroxyl groups is 1. The molecule has 1 unspecified atom stereocenters. The van der Waals surface area contributed by atoms with E-state index in [9.17, 15) is 31.4 Å². The van der Waals surface area contributed by atoms with E-state index in [4.69, 9.17) is 0 Å². The van der Waals surface area contributed by atoms with Gasteiger partial charge in [0.05, 0.1) is 0 Å². The van der Waals surface area contributed by atoms with Gasteiger partial charge in [-0.15, -0.1) is 0 Å². The molecular weight excluding hydrogens is 454 g/mol. The van der Waals surface area contributed by atoms with Gasteiger partial charge < -0.3 is 5.11 Å². The maximum Gasteiger partial charge on any atom is 0.200 e. The second-order valence-corrected chi connectivity index (χ2v) is 8.41. The van der Waals surface area contributed by atoms with Gasteiger partial charge in [-0.1, -0.05) is 37.4 Å². The fourth-order valence-corrected chi connectivity index (χ4v) is 4.00. The first kappa shape index (κ1) is 25.4. The molecule has 180 valence electrons. The third-order valence-electron chi connectivity index (χ3n) is 6.02. The third-order valence-corrected chi connectivity index (χ3v) is 6.02. The minimum atomic E-state index is -1.31. The van der Waals surface area contributed by atoms with Gasteiger partial charge in [0.2, 0.25) is 5.82 Å². The highest BCUT2D eigenvalue weighted by Crippen LogP contribution is 2.39. The molecule has 0 saturated carbocycles. The molecule has 34 heavy (non-hydrogen) atoms. The highest BCUT2D eigenvalue weighted by molar-refractivity contribution is 5.67. The highest BCUT2D eigenvalue weighted by atomic mass is 19.2. The molecule has 1 nitrogen and oxygen atoms in total. The van der Waals surface area contributed by atoms with E-state index in [2.05, 4.69) is 13.2 Å². The third kappa shape index (κ3) is 5.13. The number of phenols is 1. The molecule has 0 heterocycles. The first-order valence-electron chi connectivity index (χ1n) is 10.7. The average Bonchev–Trinajstić information content (AvgIpc) is 2.82. The number of hydrogen-bond acceptors (Lipinski definition) is 1. The van der Waals surface area contributed by atoms with Crippen molar-refractivity contribution in [3.8, 4) is 5.75 Å². The molecule has 0 spiro atoms. The van der Waals surface area contributed by atoms with Gasteiger partial charge in [0.1, 0.15) is 0 Å². The number of allylic oxidation sites excluding steroid dienone is 6. The maximum atomic E-state index is 14.8. The summed E-state index contributed by atoms with van der Waals surface area (Å²) in [5, 5.41) is 9.28. The Hall–Kier alpha value is -3.22. The average molecular weight is 478 g/mol. The molecule has 1 aliphatic rings. The zero-order valence-corrected chi connectivity index (χ0v) is 18.6. The van der Waals surface area contributed by atoms with Crippen LogP contribution in [0.1, 0.15) is 55.2 Å². The Labute approximate surface area is 194 Å². The van der Waals surface area contributed by atoms with Crippen LogP contribution in [0.4, 0.5) is 26.3 Å². The van der Waals surface area contributed by atoms with Gasteiger partial charge in [-0.25, -0.2) is 22.0 Å². The van der Waals surface area contributed by atoms with Crippen molar-refractivity contribution < 1.29 is 31.4 Å². The predicted molar refractivity (Wildman–Crippen MR) is 120 cm³/mol. The first-order chi connectivity index (χ1) is 16.0. The first-order valence-corrected chi connectivity index (χ1v) is 10.7. The molecule has 0 saturated heterocycles. The molecule has 7 heteroatoms. The quantitative estimate of drug-likeness (QED) is 0.312. The van der Waals surface area contributed by atoms with E-state index in [1.54, 1.807) is 6.08 Å². The van der Waals surface area contributed by atoms with Gasteiger partial charge in [0.15, 0.2) is 34.9 Å². The molecule has 1 aliphatic carbocycles. The second kappa shape index (κ2) is 10.4. The van der Waals surface area contributed by atoms with Crippen LogP contribution in [0.2, 0.25) is 0 Å². The lowest BCUT2D eigenvalue weighted by atomic mass is 9.82. The minimum Gasteiger partial charge on any atom is -0.505 e. The van der Waals surface area contributed by atoms with E-state index < -0.39 is 40.7 Å². The van der Waals surface area contributed by atoms with Crippen molar-refractivity contribution in [2.75, 3.05) is 0 Å². The van der Waals surface area contributed by atoms with Crippen LogP contribution in [0.15, 0.2) is 66.3 Å². The molecule has 0 aliphatic heterocycles. The van der Waals surface area contributed by atoms with Crippen molar-refractivity contribution >= 4 is 5.57 Å². The highest BCUT2D eigenvalue weighted by Gasteiger charge is 2.25. The van der Waals surface area contributed by atoms with E-state index in [0.29, 0.717) is 24.8 Å². The zero-order chi connectivity index (χ0) is 25.2. The molecule has 1 atom stereocenters. The Morgan fingerprint density at radius 2 is 1.65 bits per heavy atom. The molecule has 0 fully saturated rings. The van der Waals surface area contributed by atoms with Crippen molar-refractivity contribution in [2.24, 2.45) is 0 Å². The molecule has 0 aromatic heterocycles. The summed E-state index contributed by atoms with van der Waals surface area (Å²) in [4.78, 5) is 0. The molecule has 0 amide bonds. The van der Waals surface area contributed by atoms with Crippen LogP contribution in [-0.2, 0) is 6.42 Å². The molecule has 0 bridgehead atoms. The van der Waals surface area contributed by atoms with Crippen LogP contribution in [0.25, 0.3) is 5.57 Å². The largest absolute Gasteiger partial charge is 0.505 e. The zero-order valence-electron chi connectivity index (χ0n) is 18.6. The number of phenolic OH excluding ortho intramolecular Hbond substituents is 1. The lowest BCUT2D eigenvalue weighted by Crippen LogP contribution is -2.09. The predicted octanol–water partition coefficient (Wildman–Crippen LogP) is 8.52. The SMILES string of the molecule is C=C(C)/C(F)=C(/F)C(=C)CCc1ccc(C2=CCC(c3ccc(O)c(F)c3F)CC2)c(F)c1F. The molecule has 2 aromatic carbocycles. The van der Waals surface area contributed by atoms with Crippen LogP contribution in [0.3, 0.4) is 0 Å². The van der Waals surface area contributed by atoms with E-state index >= 15 is 0 Å². The van der Waals surface area contributed by atoms with Crippen LogP contribution in [0.5, 0.6) is 5.75 Å². The Kier molecular flexibility index (Phi) is 7.75. The van der Waals surface area contributed by atoms with E-state index in [-0.39, 0.29) is 46.6 Å². The molecular formula is C27H24F6O. The van der Waals surface area contributed by atoms with Crippen molar-refractivity contribution in [3.05, 3.63) is 106 Å². The summed E-state index contributed by atoms with van der Waals surface area (Å²) in [7, 11) is 0. The minimum absolute atomic E-state index is 0.00172. The fourth-order valence-electron chi connectivity index (χ4n) is 4.00. The van der Waals surface area contributed by atoms with Gasteiger partial charge in [-0.3, -0.25) is 0 Å². The lowest BCUT2D eigenvalue weighted by Gasteiger charge is -2.23. The Morgan fingerprint density at radius 1 is 0.941 bits per heavy atom. The monoisotopic (exact) mass is 478 g/mol. The Bertz CT molecular complexity index is 1210. The summed E-state index contributed by atoms with van der Waals surface area (Å²) in [6, 6.07) is 5.22. The van der Waals surface area contributed by atoms with Crippen LogP contribution >= 0.6 is 0 Å². The molecule has 2 aromatic rings. The number of halogens is 6. The summed E-state index contributed by atoms with van der Waals surface area (Å²) in [6.45, 7) is 8.08. The van der Waals surface area contributed by atoms with Gasteiger partial charge in [-0.2, -0.15) is 4.39 Å². The maximum absolute atomic E-state index is 14.8. The van der Waals surface area contributed by atoms with Gasteiger partial charge >= 0.3 is 0 Å². The van der Waals surface area contributed by atoms with E-state index in [1.807, 2.05) is 0 Å². The normalized spacial score (nSPS) is 16.7. The van der Waals surface area contributed by atoms with Crippen LogP contribution < -0.4 is 0 Å². The molecule has 0 radical (unpaired) electrons. The smallest absolute Gasteiger partial charge is 0.200 e. The Balaban J connectivity index is 1.74. The van der Waals surface area contributed by atoms with Crippen molar-refractivity contribution in [2.45, 2.75) is 44.9 Å². The summed E-state index contributed by atoms with van der Waals surface area (Å²) in [6.07, 6.45) is 2.47. The number of rotatable bonds is 7. The fraction of sp³-hybridized carbons (Fsp3) is 0.259. The van der Waals surface area contributed by atoms with E-state index in [0.717, 1.165) is 6.07 Å². The number of benzene rings is 2. The van der Waals surface area contributed by atoms with Gasteiger partial charge in [0.25, 0.3) is 0 Å². The standard InChI is InChI=1S/C27H24F6O/c1-14(2)22(28)23(29)15(3)4-5-18-10-11-19(25(31)24(18)30)16-6-8-17(9-7-16)20-12-13-21(34)27(33)26(20)32/h6,10-13,17,34H,1,3-5,7-9H2,2H3/b23-22-. The number of aryl methyl sites for hydroxylation is 1. The summed E-state index contributed by atoms with van der Waals surface area (Å²) >= 11 is 0. The summed E-state index contributed by atoms with van der Waals surface area (Å²) in [5.74, 6) is -7.96. The lowest BCUT2D eigenvalue weighted by molar-refractivity contribution is 0.400. The second-order valence-electron chi connectivity index (χ2n) is 8.41. The van der Waals surface area contributed by atoms with Gasteiger partial charge in [0, 0.05) is 5.56 Å². The summed E-state index contributed by atoms with van der Waals surface area (Å²) < 4.78 is 85.0. The summed E-state index contributed by atoms with van der Waals surface area (Å²) in [5.41, 5.74) is 0.458. The Morgan fingerprint density at radius 3 is 2.26 bits per heavy atom. The van der Waals surface area contributed by atoms with Crippen molar-refractivity contribution in [1.29, 1.82) is 0 Å². The molecule has 3 rings (SSSR count). The molecule has 1 N–H and O–H groups in total.